The van der Waals surface area contributed by atoms with Gasteiger partial charge in [0.05, 0.1) is 10.6 Å². The van der Waals surface area contributed by atoms with E-state index in [4.69, 9.17) is 0 Å². The van der Waals surface area contributed by atoms with Crippen molar-refractivity contribution < 1.29 is 31.1 Å². The number of aryl methyl sites for hydroxylation is 1. The molecule has 34 heavy (non-hydrogen) atoms. The smallest absolute Gasteiger partial charge is 0.406 e. The van der Waals surface area contributed by atoms with Crippen molar-refractivity contribution in [2.45, 2.75) is 24.1 Å². The van der Waals surface area contributed by atoms with Crippen LogP contribution in [-0.2, 0) is 16.4 Å². The molecule has 1 heterocycles. The van der Waals surface area contributed by atoms with Gasteiger partial charge in [0.1, 0.15) is 5.75 Å². The van der Waals surface area contributed by atoms with E-state index in [0.717, 1.165) is 10.4 Å². The van der Waals surface area contributed by atoms with Crippen LogP contribution in [0.3, 0.4) is 0 Å². The number of benzene rings is 3. The number of amides is 1. The van der Waals surface area contributed by atoms with Crippen molar-refractivity contribution in [3.8, 4) is 5.75 Å². The van der Waals surface area contributed by atoms with E-state index in [-0.39, 0.29) is 16.2 Å². The first-order valence-electron chi connectivity index (χ1n) is 10.4. The maximum Gasteiger partial charge on any atom is 0.573 e. The number of nitrogens with zero attached hydrogens (tertiary/aromatic N) is 2. The summed E-state index contributed by atoms with van der Waals surface area (Å²) in [6.45, 7) is 0.353. The fourth-order valence-corrected chi connectivity index (χ4v) is 5.10. The zero-order valence-corrected chi connectivity index (χ0v) is 18.9. The Kier molecular flexibility index (Phi) is 6.26. The summed E-state index contributed by atoms with van der Waals surface area (Å²) in [5.74, 6) is -0.789. The van der Waals surface area contributed by atoms with Gasteiger partial charge in [-0.15, -0.1) is 13.2 Å². The van der Waals surface area contributed by atoms with Crippen molar-refractivity contribution in [2.75, 3.05) is 22.8 Å². The maximum absolute atomic E-state index is 13.3. The second kappa shape index (κ2) is 9.02. The van der Waals surface area contributed by atoms with Crippen LogP contribution < -0.4 is 13.9 Å². The number of alkyl halides is 3. The van der Waals surface area contributed by atoms with Gasteiger partial charge in [0.2, 0.25) is 0 Å². The first-order chi connectivity index (χ1) is 16.1. The Hall–Kier alpha value is -3.53. The number of sulfonamides is 1. The van der Waals surface area contributed by atoms with E-state index in [0.29, 0.717) is 36.3 Å². The highest BCUT2D eigenvalue weighted by molar-refractivity contribution is 7.92. The van der Waals surface area contributed by atoms with Crippen LogP contribution in [0, 0.1) is 0 Å². The first kappa shape index (κ1) is 23.6. The third kappa shape index (κ3) is 4.86. The number of para-hydroxylation sites is 1. The summed E-state index contributed by atoms with van der Waals surface area (Å²) >= 11 is 0. The van der Waals surface area contributed by atoms with E-state index in [9.17, 15) is 26.4 Å². The number of fused-ring (bicyclic) bond motifs is 1. The topological polar surface area (TPSA) is 66.9 Å². The van der Waals surface area contributed by atoms with Crippen LogP contribution in [0.4, 0.5) is 24.5 Å². The van der Waals surface area contributed by atoms with E-state index in [1.807, 2.05) is 0 Å². The number of ether oxygens (including phenoxy) is 1. The molecule has 178 valence electrons. The average molecular weight is 491 g/mol. The Morgan fingerprint density at radius 3 is 2.44 bits per heavy atom. The lowest BCUT2D eigenvalue weighted by atomic mass is 10.0. The molecule has 0 spiro atoms. The lowest BCUT2D eigenvalue weighted by molar-refractivity contribution is -0.274. The van der Waals surface area contributed by atoms with Gasteiger partial charge in [-0.05, 0) is 66.9 Å². The van der Waals surface area contributed by atoms with E-state index in [2.05, 4.69) is 4.74 Å². The predicted molar refractivity (Wildman–Crippen MR) is 122 cm³/mol. The van der Waals surface area contributed by atoms with E-state index >= 15 is 0 Å². The van der Waals surface area contributed by atoms with Crippen molar-refractivity contribution >= 4 is 27.3 Å². The Labute approximate surface area is 195 Å². The van der Waals surface area contributed by atoms with Gasteiger partial charge in [0.25, 0.3) is 15.9 Å². The Morgan fingerprint density at radius 1 is 1.00 bits per heavy atom. The summed E-state index contributed by atoms with van der Waals surface area (Å²) in [6, 6.07) is 18.1. The number of halogens is 3. The highest BCUT2D eigenvalue weighted by atomic mass is 32.2. The van der Waals surface area contributed by atoms with Gasteiger partial charge in [-0.3, -0.25) is 9.10 Å². The third-order valence-corrected chi connectivity index (χ3v) is 7.29. The van der Waals surface area contributed by atoms with Crippen LogP contribution in [-0.4, -0.2) is 34.3 Å². The molecule has 6 nitrogen and oxygen atoms in total. The van der Waals surface area contributed by atoms with Crippen molar-refractivity contribution in [2.24, 2.45) is 0 Å². The molecule has 0 saturated heterocycles. The van der Waals surface area contributed by atoms with Crippen LogP contribution in [0.15, 0.2) is 77.7 Å². The number of carbonyl (C=O) groups is 1. The molecule has 0 fully saturated rings. The molecule has 0 N–H and O–H groups in total. The molecule has 0 radical (unpaired) electrons. The standard InChI is InChI=1S/C24H21F3N2O4S/c1-28(19-9-3-2-4-10-19)34(31,32)21-11-5-7-18(16-21)23(30)29-14-6-8-17-15-20(12-13-22(17)29)33-24(25,26)27/h2-5,7,9-13,15-16H,6,8,14H2,1H3. The lowest BCUT2D eigenvalue weighted by Crippen LogP contribution is -2.35. The molecule has 3 aromatic carbocycles. The molecular formula is C24H21F3N2O4S. The minimum atomic E-state index is -4.81. The fourth-order valence-electron chi connectivity index (χ4n) is 3.86. The van der Waals surface area contributed by atoms with Crippen molar-refractivity contribution in [3.63, 3.8) is 0 Å². The molecule has 1 amide bonds. The monoisotopic (exact) mass is 490 g/mol. The third-order valence-electron chi connectivity index (χ3n) is 5.51. The Balaban J connectivity index is 1.62. The summed E-state index contributed by atoms with van der Waals surface area (Å²) in [5, 5.41) is 0. The van der Waals surface area contributed by atoms with Gasteiger partial charge in [0.15, 0.2) is 0 Å². The molecule has 0 aromatic heterocycles. The van der Waals surface area contributed by atoms with E-state index in [1.54, 1.807) is 30.3 Å². The molecule has 1 aliphatic rings. The van der Waals surface area contributed by atoms with Gasteiger partial charge in [0, 0.05) is 24.8 Å². The molecule has 4 rings (SSSR count). The van der Waals surface area contributed by atoms with Crippen molar-refractivity contribution in [3.05, 3.63) is 83.9 Å². The minimum absolute atomic E-state index is 0.0455. The molecule has 0 unspecified atom stereocenters. The van der Waals surface area contributed by atoms with Crippen LogP contribution in [0.1, 0.15) is 22.3 Å². The van der Waals surface area contributed by atoms with Gasteiger partial charge < -0.3 is 9.64 Å². The van der Waals surface area contributed by atoms with Crippen LogP contribution in [0.2, 0.25) is 0 Å². The molecule has 10 heteroatoms. The van der Waals surface area contributed by atoms with Gasteiger partial charge in [-0.1, -0.05) is 24.3 Å². The summed E-state index contributed by atoms with van der Waals surface area (Å²) in [4.78, 5) is 14.7. The lowest BCUT2D eigenvalue weighted by Gasteiger charge is -2.30. The van der Waals surface area contributed by atoms with Gasteiger partial charge >= 0.3 is 6.36 Å². The van der Waals surface area contributed by atoms with Crippen LogP contribution >= 0.6 is 0 Å². The summed E-state index contributed by atoms with van der Waals surface area (Å²) < 4.78 is 69.1. The molecule has 0 aliphatic carbocycles. The molecular weight excluding hydrogens is 469 g/mol. The van der Waals surface area contributed by atoms with Crippen LogP contribution in [0.25, 0.3) is 0 Å². The highest BCUT2D eigenvalue weighted by Crippen LogP contribution is 2.34. The minimum Gasteiger partial charge on any atom is -0.406 e. The number of carbonyl (C=O) groups excluding carboxylic acids is 1. The fraction of sp³-hybridized carbons (Fsp3) is 0.208. The summed E-state index contributed by atoms with van der Waals surface area (Å²) in [6.07, 6.45) is -3.77. The molecule has 0 atom stereocenters. The average Bonchev–Trinajstić information content (AvgIpc) is 2.82. The van der Waals surface area contributed by atoms with Gasteiger partial charge in [-0.2, -0.15) is 0 Å². The summed E-state index contributed by atoms with van der Waals surface area (Å²) in [5.41, 5.74) is 1.65. The van der Waals surface area contributed by atoms with Gasteiger partial charge in [-0.25, -0.2) is 8.42 Å². The van der Waals surface area contributed by atoms with Crippen LogP contribution in [0.5, 0.6) is 5.75 Å². The molecule has 0 saturated carbocycles. The normalized spacial score (nSPS) is 13.8. The number of hydrogen-bond donors (Lipinski definition) is 0. The number of rotatable bonds is 5. The van der Waals surface area contributed by atoms with E-state index in [1.165, 1.54) is 48.3 Å². The predicted octanol–water partition coefficient (Wildman–Crippen LogP) is 5.00. The second-order valence-electron chi connectivity index (χ2n) is 7.73. The second-order valence-corrected chi connectivity index (χ2v) is 9.70. The largest absolute Gasteiger partial charge is 0.573 e. The number of anilines is 2. The summed E-state index contributed by atoms with van der Waals surface area (Å²) in [7, 11) is -2.49. The van der Waals surface area contributed by atoms with Crippen molar-refractivity contribution in [1.82, 2.24) is 0 Å². The zero-order chi connectivity index (χ0) is 24.5. The zero-order valence-electron chi connectivity index (χ0n) is 18.1. The molecule has 0 bridgehead atoms. The molecule has 3 aromatic rings. The first-order valence-corrected chi connectivity index (χ1v) is 11.8. The van der Waals surface area contributed by atoms with E-state index < -0.39 is 22.3 Å². The quantitative estimate of drug-likeness (QED) is 0.505. The highest BCUT2D eigenvalue weighted by Gasteiger charge is 2.32. The maximum atomic E-state index is 13.3. The van der Waals surface area contributed by atoms with Crippen molar-refractivity contribution in [1.29, 1.82) is 0 Å². The number of hydrogen-bond acceptors (Lipinski definition) is 4. The molecule has 1 aliphatic heterocycles. The Morgan fingerprint density at radius 2 is 1.74 bits per heavy atom. The Bertz CT molecular complexity index is 1310. The SMILES string of the molecule is CN(c1ccccc1)S(=O)(=O)c1cccc(C(=O)N2CCCc3cc(OC(F)(F)F)ccc32)c1.